The van der Waals surface area contributed by atoms with Crippen molar-refractivity contribution in [2.45, 2.75) is 18.8 Å². The SMILES string of the molecule is O=C(N1C=NSC1)N1CCCC(c2nc(-c3ccc(F)cc3)no2)C1. The molecule has 2 aromatic rings. The molecule has 0 radical (unpaired) electrons. The fourth-order valence-electron chi connectivity index (χ4n) is 2.98. The summed E-state index contributed by atoms with van der Waals surface area (Å²) in [4.78, 5) is 20.3. The highest BCUT2D eigenvalue weighted by molar-refractivity contribution is 7.98. The number of benzene rings is 1. The van der Waals surface area contributed by atoms with Gasteiger partial charge in [-0.15, -0.1) is 0 Å². The normalized spacial score (nSPS) is 20.3. The Morgan fingerprint density at radius 1 is 1.32 bits per heavy atom. The molecule has 2 aliphatic rings. The van der Waals surface area contributed by atoms with Crippen LogP contribution in [0.2, 0.25) is 0 Å². The van der Waals surface area contributed by atoms with Gasteiger partial charge in [-0.1, -0.05) is 5.16 Å². The van der Waals surface area contributed by atoms with Crippen molar-refractivity contribution in [1.29, 1.82) is 0 Å². The van der Waals surface area contributed by atoms with Gasteiger partial charge in [-0.05, 0) is 49.1 Å². The lowest BCUT2D eigenvalue weighted by Gasteiger charge is -2.32. The van der Waals surface area contributed by atoms with Crippen molar-refractivity contribution in [2.75, 3.05) is 19.0 Å². The first-order chi connectivity index (χ1) is 12.2. The van der Waals surface area contributed by atoms with Crippen LogP contribution in [0.15, 0.2) is 33.2 Å². The molecule has 0 aliphatic carbocycles. The average molecular weight is 361 g/mol. The summed E-state index contributed by atoms with van der Waals surface area (Å²) in [7, 11) is 0. The molecule has 0 N–H and O–H groups in total. The number of halogens is 1. The van der Waals surface area contributed by atoms with Gasteiger partial charge >= 0.3 is 6.03 Å². The average Bonchev–Trinajstić information content (AvgIpc) is 3.34. The van der Waals surface area contributed by atoms with E-state index in [0.29, 0.717) is 36.2 Å². The van der Waals surface area contributed by atoms with Gasteiger partial charge in [0, 0.05) is 18.7 Å². The van der Waals surface area contributed by atoms with Crippen LogP contribution >= 0.6 is 11.9 Å². The van der Waals surface area contributed by atoms with Crippen molar-refractivity contribution in [3.05, 3.63) is 36.0 Å². The zero-order chi connectivity index (χ0) is 17.2. The number of piperidine rings is 1. The van der Waals surface area contributed by atoms with E-state index in [0.717, 1.165) is 12.8 Å². The summed E-state index contributed by atoms with van der Waals surface area (Å²) < 4.78 is 22.4. The van der Waals surface area contributed by atoms with Crippen LogP contribution in [0.1, 0.15) is 24.7 Å². The van der Waals surface area contributed by atoms with E-state index >= 15 is 0 Å². The number of rotatable bonds is 2. The molecule has 0 bridgehead atoms. The number of likely N-dealkylation sites (tertiary alicyclic amines) is 1. The Balaban J connectivity index is 1.47. The predicted molar refractivity (Wildman–Crippen MR) is 91.4 cm³/mol. The number of hydrogen-bond donors (Lipinski definition) is 0. The molecule has 9 heteroatoms. The maximum absolute atomic E-state index is 13.0. The van der Waals surface area contributed by atoms with E-state index in [2.05, 4.69) is 14.5 Å². The zero-order valence-corrected chi connectivity index (χ0v) is 14.2. The highest BCUT2D eigenvalue weighted by Crippen LogP contribution is 2.28. The summed E-state index contributed by atoms with van der Waals surface area (Å²) in [6.45, 7) is 1.25. The van der Waals surface area contributed by atoms with E-state index in [9.17, 15) is 9.18 Å². The fourth-order valence-corrected chi connectivity index (χ4v) is 3.52. The first-order valence-corrected chi connectivity index (χ1v) is 8.95. The second kappa shape index (κ2) is 6.83. The molecular formula is C16H16FN5O2S. The smallest absolute Gasteiger partial charge is 0.326 e. The minimum Gasteiger partial charge on any atom is -0.339 e. The van der Waals surface area contributed by atoms with Gasteiger partial charge in [-0.2, -0.15) is 4.98 Å². The van der Waals surface area contributed by atoms with Crippen molar-refractivity contribution in [1.82, 2.24) is 19.9 Å². The number of aromatic nitrogens is 2. The highest BCUT2D eigenvalue weighted by Gasteiger charge is 2.31. The molecule has 1 atom stereocenters. The summed E-state index contributed by atoms with van der Waals surface area (Å²) in [6.07, 6.45) is 3.33. The molecule has 1 aromatic heterocycles. The van der Waals surface area contributed by atoms with Gasteiger partial charge in [0.15, 0.2) is 0 Å². The molecule has 1 saturated heterocycles. The summed E-state index contributed by atoms with van der Waals surface area (Å²) in [6, 6.07) is 5.91. The van der Waals surface area contributed by atoms with Crippen molar-refractivity contribution in [2.24, 2.45) is 4.40 Å². The molecule has 2 amide bonds. The Morgan fingerprint density at radius 2 is 2.16 bits per heavy atom. The molecule has 7 nitrogen and oxygen atoms in total. The second-order valence-electron chi connectivity index (χ2n) is 5.98. The van der Waals surface area contributed by atoms with Gasteiger partial charge < -0.3 is 9.42 Å². The van der Waals surface area contributed by atoms with Crippen LogP contribution in [0.4, 0.5) is 9.18 Å². The summed E-state index contributed by atoms with van der Waals surface area (Å²) in [5, 5.41) is 3.99. The van der Waals surface area contributed by atoms with Crippen LogP contribution < -0.4 is 0 Å². The summed E-state index contributed by atoms with van der Waals surface area (Å²) in [5.74, 6) is 1.20. The Kier molecular flexibility index (Phi) is 4.39. The molecule has 4 rings (SSSR count). The van der Waals surface area contributed by atoms with Gasteiger partial charge in [-0.25, -0.2) is 13.6 Å². The maximum atomic E-state index is 13.0. The minimum atomic E-state index is -0.308. The molecular weight excluding hydrogens is 345 g/mol. The third kappa shape index (κ3) is 3.37. The van der Waals surface area contributed by atoms with Gasteiger partial charge in [0.25, 0.3) is 0 Å². The lowest BCUT2D eigenvalue weighted by molar-refractivity contribution is 0.157. The quantitative estimate of drug-likeness (QED) is 0.768. The third-order valence-corrected chi connectivity index (χ3v) is 4.93. The second-order valence-corrected chi connectivity index (χ2v) is 6.71. The van der Waals surface area contributed by atoms with Gasteiger partial charge in [0.2, 0.25) is 11.7 Å². The van der Waals surface area contributed by atoms with E-state index in [1.54, 1.807) is 28.3 Å². The van der Waals surface area contributed by atoms with Crippen molar-refractivity contribution in [3.8, 4) is 11.4 Å². The first kappa shape index (κ1) is 16.1. The van der Waals surface area contributed by atoms with Crippen LogP contribution in [0, 0.1) is 5.82 Å². The molecule has 3 heterocycles. The van der Waals surface area contributed by atoms with E-state index in [-0.39, 0.29) is 17.8 Å². The molecule has 1 fully saturated rings. The van der Waals surface area contributed by atoms with Crippen LogP contribution in [-0.2, 0) is 0 Å². The number of carbonyl (C=O) groups is 1. The largest absolute Gasteiger partial charge is 0.339 e. The number of hydrogen-bond acceptors (Lipinski definition) is 6. The van der Waals surface area contributed by atoms with Gasteiger partial charge in [-0.3, -0.25) is 4.90 Å². The Bertz CT molecular complexity index is 794. The van der Waals surface area contributed by atoms with Gasteiger partial charge in [0.05, 0.1) is 11.8 Å². The molecule has 25 heavy (non-hydrogen) atoms. The number of amides is 2. The van der Waals surface area contributed by atoms with E-state index in [1.807, 2.05) is 0 Å². The topological polar surface area (TPSA) is 74.8 Å². The Hall–Kier alpha value is -2.42. The molecule has 0 saturated carbocycles. The lowest BCUT2D eigenvalue weighted by atomic mass is 9.98. The molecule has 2 aliphatic heterocycles. The lowest BCUT2D eigenvalue weighted by Crippen LogP contribution is -2.45. The minimum absolute atomic E-state index is 0.00610. The zero-order valence-electron chi connectivity index (χ0n) is 13.3. The van der Waals surface area contributed by atoms with Crippen molar-refractivity contribution < 1.29 is 13.7 Å². The number of urea groups is 1. The van der Waals surface area contributed by atoms with Crippen LogP contribution in [0.25, 0.3) is 11.4 Å². The fraction of sp³-hybridized carbons (Fsp3) is 0.375. The number of carbonyl (C=O) groups excluding carboxylic acids is 1. The molecule has 130 valence electrons. The summed E-state index contributed by atoms with van der Waals surface area (Å²) in [5.41, 5.74) is 0.699. The molecule has 0 spiro atoms. The van der Waals surface area contributed by atoms with E-state index in [1.165, 1.54) is 24.1 Å². The highest BCUT2D eigenvalue weighted by atomic mass is 32.2. The third-order valence-electron chi connectivity index (χ3n) is 4.29. The Morgan fingerprint density at radius 3 is 2.92 bits per heavy atom. The monoisotopic (exact) mass is 361 g/mol. The van der Waals surface area contributed by atoms with Crippen LogP contribution in [0.3, 0.4) is 0 Å². The van der Waals surface area contributed by atoms with E-state index < -0.39 is 0 Å². The van der Waals surface area contributed by atoms with E-state index in [4.69, 9.17) is 4.52 Å². The van der Waals surface area contributed by atoms with Gasteiger partial charge in [0.1, 0.15) is 12.2 Å². The van der Waals surface area contributed by atoms with Crippen LogP contribution in [-0.4, -0.2) is 51.3 Å². The van der Waals surface area contributed by atoms with Crippen molar-refractivity contribution >= 4 is 24.3 Å². The molecule has 1 aromatic carbocycles. The molecule has 1 unspecified atom stereocenters. The van der Waals surface area contributed by atoms with Crippen LogP contribution in [0.5, 0.6) is 0 Å². The number of nitrogens with zero attached hydrogens (tertiary/aromatic N) is 5. The van der Waals surface area contributed by atoms with Crippen molar-refractivity contribution in [3.63, 3.8) is 0 Å². The Labute approximate surface area is 148 Å². The first-order valence-electron chi connectivity index (χ1n) is 8.01. The maximum Gasteiger partial charge on any atom is 0.326 e. The summed E-state index contributed by atoms with van der Waals surface area (Å²) >= 11 is 1.35. The predicted octanol–water partition coefficient (Wildman–Crippen LogP) is 3.12. The standard InChI is InChI=1S/C16H16FN5O2S/c17-13-5-3-11(4-6-13)14-19-15(24-20-14)12-2-1-7-21(8-12)16(23)22-9-18-25-10-22/h3-6,9,12H,1-2,7-8,10H2.